The number of nitrogens with one attached hydrogen (secondary N) is 2. The first kappa shape index (κ1) is 14.5. The second-order valence-corrected chi connectivity index (χ2v) is 6.91. The van der Waals surface area contributed by atoms with E-state index in [0.29, 0.717) is 17.4 Å². The topological polar surface area (TPSA) is 58.2 Å². The second-order valence-electron chi connectivity index (χ2n) is 5.20. The summed E-state index contributed by atoms with van der Waals surface area (Å²) in [4.78, 5) is 0.365. The molecule has 5 heteroatoms. The molecule has 2 N–H and O–H groups in total. The maximum atomic E-state index is 12.4. The molecule has 0 radical (unpaired) electrons. The van der Waals surface area contributed by atoms with Gasteiger partial charge in [-0.2, -0.15) is 0 Å². The fourth-order valence-corrected chi connectivity index (χ4v) is 3.76. The van der Waals surface area contributed by atoms with Gasteiger partial charge in [-0.15, -0.1) is 0 Å². The van der Waals surface area contributed by atoms with Crippen LogP contribution in [0, 0.1) is 5.92 Å². The number of piperidine rings is 1. The molecule has 1 aliphatic rings. The van der Waals surface area contributed by atoms with Crippen molar-refractivity contribution in [1.82, 2.24) is 10.0 Å². The highest BCUT2D eigenvalue weighted by atomic mass is 32.2. The van der Waals surface area contributed by atoms with Crippen molar-refractivity contribution in [3.63, 3.8) is 0 Å². The van der Waals surface area contributed by atoms with Crippen LogP contribution in [0.2, 0.25) is 0 Å². The summed E-state index contributed by atoms with van der Waals surface area (Å²) in [6.07, 6.45) is 1.84. The SMILES string of the molecule is CCc1cccc(S(=O)(=O)NC2CNCCC2C)c1. The summed E-state index contributed by atoms with van der Waals surface area (Å²) in [5.41, 5.74) is 1.04. The first-order chi connectivity index (χ1) is 9.03. The van der Waals surface area contributed by atoms with Crippen molar-refractivity contribution in [3.05, 3.63) is 29.8 Å². The predicted octanol–water partition coefficient (Wildman–Crippen LogP) is 1.53. The van der Waals surface area contributed by atoms with Gasteiger partial charge in [-0.1, -0.05) is 26.0 Å². The maximum absolute atomic E-state index is 12.4. The van der Waals surface area contributed by atoms with E-state index in [0.717, 1.165) is 24.9 Å². The average Bonchev–Trinajstić information content (AvgIpc) is 2.41. The Balaban J connectivity index is 2.17. The molecular formula is C14H22N2O2S. The maximum Gasteiger partial charge on any atom is 0.240 e. The number of sulfonamides is 1. The number of benzene rings is 1. The van der Waals surface area contributed by atoms with Crippen molar-refractivity contribution < 1.29 is 8.42 Å². The van der Waals surface area contributed by atoms with Gasteiger partial charge in [0.2, 0.25) is 10.0 Å². The van der Waals surface area contributed by atoms with Gasteiger partial charge >= 0.3 is 0 Å². The fourth-order valence-electron chi connectivity index (χ4n) is 2.35. The van der Waals surface area contributed by atoms with E-state index < -0.39 is 10.0 Å². The highest BCUT2D eigenvalue weighted by Crippen LogP contribution is 2.16. The van der Waals surface area contributed by atoms with Crippen LogP contribution in [-0.4, -0.2) is 27.5 Å². The molecular weight excluding hydrogens is 260 g/mol. The summed E-state index contributed by atoms with van der Waals surface area (Å²) in [6.45, 7) is 5.78. The van der Waals surface area contributed by atoms with Gasteiger partial charge in [0.05, 0.1) is 4.90 Å². The average molecular weight is 282 g/mol. The van der Waals surface area contributed by atoms with E-state index in [1.807, 2.05) is 13.0 Å². The molecule has 1 aromatic rings. The summed E-state index contributed by atoms with van der Waals surface area (Å²) in [7, 11) is -3.42. The summed E-state index contributed by atoms with van der Waals surface area (Å²) >= 11 is 0. The normalized spacial score (nSPS) is 24.3. The van der Waals surface area contributed by atoms with Crippen LogP contribution in [0.3, 0.4) is 0 Å². The van der Waals surface area contributed by atoms with Crippen LogP contribution >= 0.6 is 0 Å². The van der Waals surface area contributed by atoms with Crippen molar-refractivity contribution >= 4 is 10.0 Å². The first-order valence-electron chi connectivity index (χ1n) is 6.85. The van der Waals surface area contributed by atoms with Gasteiger partial charge in [0.1, 0.15) is 0 Å². The lowest BCUT2D eigenvalue weighted by molar-refractivity contribution is 0.327. The Kier molecular flexibility index (Phi) is 4.60. The minimum absolute atomic E-state index is 0.0240. The molecule has 4 nitrogen and oxygen atoms in total. The van der Waals surface area contributed by atoms with Crippen molar-refractivity contribution in [1.29, 1.82) is 0 Å². The lowest BCUT2D eigenvalue weighted by Gasteiger charge is -2.30. The zero-order valence-electron chi connectivity index (χ0n) is 11.5. The second kappa shape index (κ2) is 6.03. The van der Waals surface area contributed by atoms with Gasteiger partial charge in [-0.05, 0) is 43.0 Å². The van der Waals surface area contributed by atoms with E-state index in [2.05, 4.69) is 17.0 Å². The molecule has 1 heterocycles. The van der Waals surface area contributed by atoms with Crippen molar-refractivity contribution in [2.45, 2.75) is 37.6 Å². The molecule has 2 rings (SSSR count). The molecule has 0 amide bonds. The minimum atomic E-state index is -3.42. The minimum Gasteiger partial charge on any atom is -0.315 e. The Hall–Kier alpha value is -0.910. The fraction of sp³-hybridized carbons (Fsp3) is 0.571. The number of hydrogen-bond donors (Lipinski definition) is 2. The van der Waals surface area contributed by atoms with Crippen molar-refractivity contribution in [2.75, 3.05) is 13.1 Å². The monoisotopic (exact) mass is 282 g/mol. The Morgan fingerprint density at radius 1 is 1.42 bits per heavy atom. The lowest BCUT2D eigenvalue weighted by atomic mass is 9.96. The summed E-state index contributed by atoms with van der Waals surface area (Å²) in [5, 5.41) is 3.23. The van der Waals surface area contributed by atoms with E-state index in [1.165, 1.54) is 0 Å². The highest BCUT2D eigenvalue weighted by Gasteiger charge is 2.26. The third kappa shape index (κ3) is 3.55. The van der Waals surface area contributed by atoms with Gasteiger partial charge in [-0.3, -0.25) is 0 Å². The van der Waals surface area contributed by atoms with Crippen LogP contribution in [0.25, 0.3) is 0 Å². The van der Waals surface area contributed by atoms with Gasteiger partial charge in [0.15, 0.2) is 0 Å². The molecule has 2 unspecified atom stereocenters. The Morgan fingerprint density at radius 3 is 2.89 bits per heavy atom. The van der Waals surface area contributed by atoms with Gasteiger partial charge in [-0.25, -0.2) is 13.1 Å². The third-order valence-electron chi connectivity index (χ3n) is 3.75. The molecule has 1 aliphatic heterocycles. The molecule has 1 aromatic carbocycles. The van der Waals surface area contributed by atoms with E-state index in [9.17, 15) is 8.42 Å². The zero-order valence-corrected chi connectivity index (χ0v) is 12.3. The van der Waals surface area contributed by atoms with Crippen LogP contribution in [0.1, 0.15) is 25.8 Å². The molecule has 106 valence electrons. The molecule has 19 heavy (non-hydrogen) atoms. The van der Waals surface area contributed by atoms with Crippen LogP contribution in [0.5, 0.6) is 0 Å². The molecule has 0 aliphatic carbocycles. The number of hydrogen-bond acceptors (Lipinski definition) is 3. The number of rotatable bonds is 4. The van der Waals surface area contributed by atoms with Gasteiger partial charge < -0.3 is 5.32 Å². The Labute approximate surface area is 115 Å². The lowest BCUT2D eigenvalue weighted by Crippen LogP contribution is -2.50. The molecule has 1 fully saturated rings. The van der Waals surface area contributed by atoms with Crippen LogP contribution in [-0.2, 0) is 16.4 Å². The molecule has 0 aromatic heterocycles. The van der Waals surface area contributed by atoms with Crippen molar-refractivity contribution in [3.8, 4) is 0 Å². The largest absolute Gasteiger partial charge is 0.315 e. The van der Waals surface area contributed by atoms with Crippen LogP contribution in [0.15, 0.2) is 29.2 Å². The van der Waals surface area contributed by atoms with E-state index in [1.54, 1.807) is 18.2 Å². The van der Waals surface area contributed by atoms with E-state index in [-0.39, 0.29) is 6.04 Å². The summed E-state index contributed by atoms with van der Waals surface area (Å²) in [6, 6.07) is 7.13. The Morgan fingerprint density at radius 2 is 2.21 bits per heavy atom. The standard InChI is InChI=1S/C14H22N2O2S/c1-3-12-5-4-6-13(9-12)19(17,18)16-14-10-15-8-7-11(14)2/h4-6,9,11,14-16H,3,7-8,10H2,1-2H3. The van der Waals surface area contributed by atoms with E-state index in [4.69, 9.17) is 0 Å². The quantitative estimate of drug-likeness (QED) is 0.880. The third-order valence-corrected chi connectivity index (χ3v) is 5.24. The molecule has 0 spiro atoms. The molecule has 2 atom stereocenters. The van der Waals surface area contributed by atoms with Crippen LogP contribution in [0.4, 0.5) is 0 Å². The summed E-state index contributed by atoms with van der Waals surface area (Å²) in [5.74, 6) is 0.366. The smallest absolute Gasteiger partial charge is 0.240 e. The van der Waals surface area contributed by atoms with Gasteiger partial charge in [0, 0.05) is 12.6 Å². The number of aryl methyl sites for hydroxylation is 1. The summed E-state index contributed by atoms with van der Waals surface area (Å²) < 4.78 is 27.6. The van der Waals surface area contributed by atoms with Crippen LogP contribution < -0.4 is 10.0 Å². The van der Waals surface area contributed by atoms with Gasteiger partial charge in [0.25, 0.3) is 0 Å². The molecule has 1 saturated heterocycles. The Bertz CT molecular complexity index is 528. The predicted molar refractivity (Wildman–Crippen MR) is 76.6 cm³/mol. The van der Waals surface area contributed by atoms with Crippen molar-refractivity contribution in [2.24, 2.45) is 5.92 Å². The van der Waals surface area contributed by atoms with E-state index >= 15 is 0 Å². The first-order valence-corrected chi connectivity index (χ1v) is 8.33. The highest BCUT2D eigenvalue weighted by molar-refractivity contribution is 7.89. The molecule has 0 bridgehead atoms. The zero-order chi connectivity index (χ0) is 13.9. The molecule has 0 saturated carbocycles.